The number of hydrogen-bond acceptors (Lipinski definition) is 7. The van der Waals surface area contributed by atoms with Crippen molar-refractivity contribution in [1.82, 2.24) is 24.9 Å². The second-order valence-corrected chi connectivity index (χ2v) is 10.2. The molecule has 3 N–H and O–H groups in total. The predicted molar refractivity (Wildman–Crippen MR) is 138 cm³/mol. The van der Waals surface area contributed by atoms with E-state index in [-0.39, 0.29) is 6.04 Å². The fraction of sp³-hybridized carbons (Fsp3) is 0.364. The molecule has 0 radical (unpaired) electrons. The number of nitrogens with zero attached hydrogens (tertiary/aromatic N) is 4. The van der Waals surface area contributed by atoms with Crippen LogP contribution in [0.4, 0.5) is 5.95 Å². The number of benzene rings is 1. The van der Waals surface area contributed by atoms with Gasteiger partial charge in [-0.25, -0.2) is 0 Å². The SMILES string of the molecule is BC(B)(B)Oc1nc(N[C@H]2CC[C@@](C)(O)CC2)nc2[nH]cc(-c3ccc4nccnc4c3)c12. The largest absolute Gasteiger partial charge is 0.498 e. The molecule has 0 aliphatic heterocycles. The molecule has 11 heteroatoms. The van der Waals surface area contributed by atoms with Crippen LogP contribution in [0.2, 0.25) is 0 Å². The summed E-state index contributed by atoms with van der Waals surface area (Å²) in [5, 5.41) is 14.1. The lowest BCUT2D eigenvalue weighted by Crippen LogP contribution is -2.38. The molecule has 33 heavy (non-hydrogen) atoms. The van der Waals surface area contributed by atoms with Crippen LogP contribution in [0.25, 0.3) is 33.2 Å². The molecule has 3 heterocycles. The van der Waals surface area contributed by atoms with E-state index in [0.717, 1.165) is 53.2 Å². The van der Waals surface area contributed by atoms with E-state index in [1.807, 2.05) is 54.9 Å². The maximum absolute atomic E-state index is 10.3. The maximum Gasteiger partial charge on any atom is 0.228 e. The van der Waals surface area contributed by atoms with Gasteiger partial charge >= 0.3 is 0 Å². The highest BCUT2D eigenvalue weighted by molar-refractivity contribution is 6.58. The van der Waals surface area contributed by atoms with Crippen LogP contribution < -0.4 is 10.1 Å². The molecule has 166 valence electrons. The van der Waals surface area contributed by atoms with E-state index in [0.29, 0.717) is 17.5 Å². The number of fused-ring (bicyclic) bond motifs is 2. The predicted octanol–water partition coefficient (Wildman–Crippen LogP) is 0.563. The Bertz CT molecular complexity index is 1310. The Kier molecular flexibility index (Phi) is 5.31. The van der Waals surface area contributed by atoms with Gasteiger partial charge in [-0.15, -0.1) is 0 Å². The van der Waals surface area contributed by atoms with Crippen molar-refractivity contribution in [3.63, 3.8) is 0 Å². The topological polar surface area (TPSA) is 109 Å². The Morgan fingerprint density at radius 3 is 2.58 bits per heavy atom. The van der Waals surface area contributed by atoms with Crippen LogP contribution in [0.3, 0.4) is 0 Å². The summed E-state index contributed by atoms with van der Waals surface area (Å²) in [5.74, 6) is 1.07. The normalized spacial score (nSPS) is 21.3. The molecule has 1 aromatic carbocycles. The van der Waals surface area contributed by atoms with Crippen molar-refractivity contribution in [2.45, 2.75) is 49.5 Å². The van der Waals surface area contributed by atoms with Crippen molar-refractivity contribution in [1.29, 1.82) is 0 Å². The standard InChI is InChI=1S/C22H27B3N6O2/c1-21(32)6-4-13(5-7-21)29-20-30-18-17(19(31-20)33-22(23,24)25)14(11-28-18)12-2-3-15-16(10-12)27-9-8-26-15/h2-3,8-11,13,32H,4-7,23-25H2,1H3,(H2,28,29,30,31)/t13-,21+. The number of ether oxygens (including phenoxy) is 1. The Morgan fingerprint density at radius 2 is 1.85 bits per heavy atom. The average molecular weight is 440 g/mol. The number of nitrogens with one attached hydrogen (secondary N) is 2. The summed E-state index contributed by atoms with van der Waals surface area (Å²) >= 11 is 0. The van der Waals surface area contributed by atoms with E-state index in [1.54, 1.807) is 12.4 Å². The molecule has 0 saturated heterocycles. The van der Waals surface area contributed by atoms with Crippen LogP contribution in [0.5, 0.6) is 5.88 Å². The third-order valence-corrected chi connectivity index (χ3v) is 6.08. The molecule has 5 rings (SSSR count). The lowest BCUT2D eigenvalue weighted by atomic mass is 9.52. The Morgan fingerprint density at radius 1 is 1.12 bits per heavy atom. The first kappa shape index (κ1) is 21.8. The molecule has 3 aromatic heterocycles. The number of aromatic nitrogens is 5. The zero-order chi connectivity index (χ0) is 23.2. The van der Waals surface area contributed by atoms with Crippen LogP contribution >= 0.6 is 0 Å². The van der Waals surface area contributed by atoms with E-state index in [4.69, 9.17) is 14.7 Å². The molecule has 4 aromatic rings. The highest BCUT2D eigenvalue weighted by Crippen LogP contribution is 2.36. The first-order chi connectivity index (χ1) is 15.7. The van der Waals surface area contributed by atoms with E-state index >= 15 is 0 Å². The minimum Gasteiger partial charge on any atom is -0.498 e. The Labute approximate surface area is 195 Å². The number of rotatable bonds is 5. The molecule has 1 saturated carbocycles. The Hall–Kier alpha value is -3.07. The van der Waals surface area contributed by atoms with Crippen LogP contribution in [-0.2, 0) is 0 Å². The van der Waals surface area contributed by atoms with E-state index < -0.39 is 10.9 Å². The number of aliphatic hydroxyl groups is 1. The quantitative estimate of drug-likeness (QED) is 0.390. The van der Waals surface area contributed by atoms with Crippen molar-refractivity contribution < 1.29 is 9.84 Å². The average Bonchev–Trinajstić information content (AvgIpc) is 3.18. The third-order valence-electron chi connectivity index (χ3n) is 6.08. The van der Waals surface area contributed by atoms with Gasteiger partial charge in [0.25, 0.3) is 0 Å². The van der Waals surface area contributed by atoms with Gasteiger partial charge in [0.15, 0.2) is 0 Å². The zero-order valence-electron chi connectivity index (χ0n) is 19.5. The summed E-state index contributed by atoms with van der Waals surface area (Å²) in [6.45, 7) is 1.90. The highest BCUT2D eigenvalue weighted by Gasteiger charge is 2.29. The molecule has 1 fully saturated rings. The van der Waals surface area contributed by atoms with Gasteiger partial charge in [-0.2, -0.15) is 9.97 Å². The molecule has 0 bridgehead atoms. The fourth-order valence-corrected chi connectivity index (χ4v) is 4.35. The van der Waals surface area contributed by atoms with Crippen LogP contribution in [0, 0.1) is 0 Å². The van der Waals surface area contributed by atoms with Gasteiger partial charge in [0.1, 0.15) is 29.2 Å². The monoisotopic (exact) mass is 440 g/mol. The minimum absolute atomic E-state index is 0.221. The second kappa shape index (κ2) is 8.06. The van der Waals surface area contributed by atoms with Gasteiger partial charge in [-0.3, -0.25) is 9.97 Å². The van der Waals surface area contributed by atoms with E-state index in [2.05, 4.69) is 20.3 Å². The van der Waals surface area contributed by atoms with Crippen LogP contribution in [0.15, 0.2) is 36.8 Å². The smallest absolute Gasteiger partial charge is 0.228 e. The zero-order valence-corrected chi connectivity index (χ0v) is 19.5. The summed E-state index contributed by atoms with van der Waals surface area (Å²) in [5.41, 5.74) is 3.76. The van der Waals surface area contributed by atoms with Gasteiger partial charge in [-0.1, -0.05) is 6.07 Å². The minimum atomic E-state index is -0.581. The lowest BCUT2D eigenvalue weighted by molar-refractivity contribution is 0.0195. The van der Waals surface area contributed by atoms with E-state index in [9.17, 15) is 5.11 Å². The fourth-order valence-electron chi connectivity index (χ4n) is 4.35. The summed E-state index contributed by atoms with van der Waals surface area (Å²) in [6, 6.07) is 6.24. The van der Waals surface area contributed by atoms with Crippen molar-refractivity contribution >= 4 is 51.6 Å². The molecule has 1 aliphatic rings. The number of H-pyrrole nitrogens is 1. The van der Waals surface area contributed by atoms with Gasteiger partial charge in [0.05, 0.1) is 22.0 Å². The maximum atomic E-state index is 10.3. The number of hydrogen-bond donors (Lipinski definition) is 3. The molecule has 0 amide bonds. The molecule has 8 nitrogen and oxygen atoms in total. The van der Waals surface area contributed by atoms with Gasteiger partial charge in [0, 0.05) is 35.5 Å². The van der Waals surface area contributed by atoms with E-state index in [1.165, 1.54) is 0 Å². The first-order valence-corrected chi connectivity index (χ1v) is 11.5. The highest BCUT2D eigenvalue weighted by atomic mass is 16.5. The second-order valence-electron chi connectivity index (χ2n) is 10.2. The van der Waals surface area contributed by atoms with Gasteiger partial charge in [0.2, 0.25) is 11.8 Å². The van der Waals surface area contributed by atoms with Crippen LogP contribution in [-0.4, -0.2) is 70.5 Å². The summed E-state index contributed by atoms with van der Waals surface area (Å²) in [4.78, 5) is 21.6. The first-order valence-electron chi connectivity index (χ1n) is 11.5. The molecular weight excluding hydrogens is 413 g/mol. The molecule has 1 aliphatic carbocycles. The third kappa shape index (κ3) is 4.69. The Balaban J connectivity index is 1.55. The van der Waals surface area contributed by atoms with Crippen molar-refractivity contribution in [2.24, 2.45) is 0 Å². The van der Waals surface area contributed by atoms with Gasteiger partial charge in [-0.05, 0) is 50.3 Å². The summed E-state index contributed by atoms with van der Waals surface area (Å²) in [6.07, 6.45) is 8.59. The number of aromatic amines is 1. The summed E-state index contributed by atoms with van der Waals surface area (Å²) < 4.78 is 6.31. The molecule has 0 unspecified atom stereocenters. The van der Waals surface area contributed by atoms with Crippen LogP contribution in [0.1, 0.15) is 32.6 Å². The van der Waals surface area contributed by atoms with Crippen molar-refractivity contribution in [2.75, 3.05) is 5.32 Å². The summed E-state index contributed by atoms with van der Waals surface area (Å²) in [7, 11) is 6.03. The molecular formula is C22H27B3N6O2. The van der Waals surface area contributed by atoms with Crippen molar-refractivity contribution in [3.05, 3.63) is 36.8 Å². The molecule has 0 spiro atoms. The molecule has 0 atom stereocenters. The van der Waals surface area contributed by atoms with Gasteiger partial charge < -0.3 is 20.1 Å². The van der Waals surface area contributed by atoms with Crippen molar-refractivity contribution in [3.8, 4) is 17.0 Å². The number of anilines is 1. The lowest BCUT2D eigenvalue weighted by Gasteiger charge is -2.33.